The number of hydrogen-bond donors (Lipinski definition) is 1. The normalized spacial score (nSPS) is 13.4. The molecule has 29 heavy (non-hydrogen) atoms. The number of likely N-dealkylation sites (N-methyl/N-ethyl adjacent to an activating group) is 1. The van der Waals surface area contributed by atoms with E-state index in [4.69, 9.17) is 11.6 Å². The Hall–Kier alpha value is -2.86. The van der Waals surface area contributed by atoms with Gasteiger partial charge in [-0.3, -0.25) is 14.4 Å². The molecule has 7 heteroatoms. The first kappa shape index (κ1) is 20.9. The van der Waals surface area contributed by atoms with Crippen molar-refractivity contribution in [3.05, 3.63) is 64.7 Å². The van der Waals surface area contributed by atoms with Gasteiger partial charge in [0.15, 0.2) is 0 Å². The van der Waals surface area contributed by atoms with Gasteiger partial charge in [0.25, 0.3) is 5.91 Å². The molecule has 0 saturated carbocycles. The van der Waals surface area contributed by atoms with Crippen LogP contribution in [0.15, 0.2) is 48.5 Å². The van der Waals surface area contributed by atoms with E-state index >= 15 is 0 Å². The zero-order valence-electron chi connectivity index (χ0n) is 16.4. The molecule has 1 saturated heterocycles. The molecular weight excluding hydrogens is 390 g/mol. The van der Waals surface area contributed by atoms with Crippen LogP contribution in [0.4, 0.5) is 5.69 Å². The highest BCUT2D eigenvalue weighted by atomic mass is 35.5. The number of carbonyl (C=O) groups is 3. The Morgan fingerprint density at radius 2 is 1.79 bits per heavy atom. The Morgan fingerprint density at radius 1 is 1.10 bits per heavy atom. The van der Waals surface area contributed by atoms with Gasteiger partial charge in [0, 0.05) is 42.3 Å². The average Bonchev–Trinajstić information content (AvgIpc) is 3.17. The van der Waals surface area contributed by atoms with Crippen LogP contribution in [0.25, 0.3) is 0 Å². The molecule has 1 fully saturated rings. The van der Waals surface area contributed by atoms with Crippen molar-refractivity contribution >= 4 is 35.0 Å². The summed E-state index contributed by atoms with van der Waals surface area (Å²) in [5, 5.41) is 3.46. The number of halogens is 1. The first-order chi connectivity index (χ1) is 14.0. The summed E-state index contributed by atoms with van der Waals surface area (Å²) >= 11 is 5.86. The monoisotopic (exact) mass is 413 g/mol. The van der Waals surface area contributed by atoms with Crippen molar-refractivity contribution in [3.8, 4) is 0 Å². The lowest BCUT2D eigenvalue weighted by molar-refractivity contribution is -0.122. The summed E-state index contributed by atoms with van der Waals surface area (Å²) < 4.78 is 0. The van der Waals surface area contributed by atoms with Crippen LogP contribution in [0.1, 0.15) is 35.7 Å². The number of nitrogens with one attached hydrogen (secondary N) is 1. The number of anilines is 1. The maximum Gasteiger partial charge on any atom is 0.254 e. The zero-order chi connectivity index (χ0) is 20.8. The Labute approximate surface area is 175 Å². The molecule has 2 aromatic rings. The predicted octanol–water partition coefficient (Wildman–Crippen LogP) is 3.25. The molecule has 0 aromatic heterocycles. The Morgan fingerprint density at radius 3 is 2.38 bits per heavy atom. The van der Waals surface area contributed by atoms with Crippen molar-refractivity contribution in [3.63, 3.8) is 0 Å². The van der Waals surface area contributed by atoms with Crippen LogP contribution in [-0.2, 0) is 16.1 Å². The fourth-order valence-electron chi connectivity index (χ4n) is 3.25. The van der Waals surface area contributed by atoms with Crippen LogP contribution in [0.3, 0.4) is 0 Å². The maximum absolute atomic E-state index is 12.8. The number of amides is 3. The van der Waals surface area contributed by atoms with E-state index in [1.807, 2.05) is 19.1 Å². The van der Waals surface area contributed by atoms with Crippen LogP contribution in [0, 0.1) is 0 Å². The van der Waals surface area contributed by atoms with Gasteiger partial charge in [-0.2, -0.15) is 0 Å². The van der Waals surface area contributed by atoms with E-state index in [1.165, 1.54) is 4.90 Å². The van der Waals surface area contributed by atoms with Gasteiger partial charge >= 0.3 is 0 Å². The second-order valence-electron chi connectivity index (χ2n) is 6.92. The second-order valence-corrected chi connectivity index (χ2v) is 7.35. The number of rotatable bonds is 7. The number of carbonyl (C=O) groups excluding carboxylic acids is 3. The van der Waals surface area contributed by atoms with Crippen molar-refractivity contribution in [1.29, 1.82) is 0 Å². The van der Waals surface area contributed by atoms with Crippen LogP contribution < -0.4 is 10.2 Å². The Bertz CT molecular complexity index is 881. The highest BCUT2D eigenvalue weighted by Crippen LogP contribution is 2.22. The third-order valence-corrected chi connectivity index (χ3v) is 5.16. The van der Waals surface area contributed by atoms with Crippen molar-refractivity contribution in [2.75, 3.05) is 24.5 Å². The second kappa shape index (κ2) is 9.56. The molecule has 6 nitrogen and oxygen atoms in total. The molecule has 0 aliphatic carbocycles. The molecule has 0 radical (unpaired) electrons. The number of hydrogen-bond acceptors (Lipinski definition) is 3. The van der Waals surface area contributed by atoms with Gasteiger partial charge in [-0.05, 0) is 55.3 Å². The van der Waals surface area contributed by atoms with E-state index in [-0.39, 0.29) is 24.3 Å². The van der Waals surface area contributed by atoms with Gasteiger partial charge in [-0.1, -0.05) is 23.7 Å². The summed E-state index contributed by atoms with van der Waals surface area (Å²) in [7, 11) is 0. The van der Waals surface area contributed by atoms with E-state index in [9.17, 15) is 14.4 Å². The lowest BCUT2D eigenvalue weighted by Crippen LogP contribution is -2.40. The quantitative estimate of drug-likeness (QED) is 0.757. The summed E-state index contributed by atoms with van der Waals surface area (Å²) in [5.74, 6) is -0.334. The smallest absolute Gasteiger partial charge is 0.254 e. The minimum Gasteiger partial charge on any atom is -0.350 e. The summed E-state index contributed by atoms with van der Waals surface area (Å²) in [6, 6.07) is 14.2. The molecule has 0 bridgehead atoms. The molecule has 2 aromatic carbocycles. The summed E-state index contributed by atoms with van der Waals surface area (Å²) in [5.41, 5.74) is 2.23. The van der Waals surface area contributed by atoms with Crippen LogP contribution in [0.5, 0.6) is 0 Å². The van der Waals surface area contributed by atoms with Gasteiger partial charge in [0.2, 0.25) is 11.8 Å². The van der Waals surface area contributed by atoms with Gasteiger partial charge in [0.1, 0.15) is 0 Å². The minimum atomic E-state index is -0.227. The SMILES string of the molecule is CCN(CC(=O)NCc1ccc(Cl)cc1)C(=O)c1ccc(N2CCCC2=O)cc1. The molecular formula is C22H24ClN3O3. The molecule has 3 rings (SSSR count). The van der Waals surface area contributed by atoms with Gasteiger partial charge in [-0.25, -0.2) is 0 Å². The van der Waals surface area contributed by atoms with Gasteiger partial charge in [-0.15, -0.1) is 0 Å². The molecule has 3 amide bonds. The fraction of sp³-hybridized carbons (Fsp3) is 0.318. The summed E-state index contributed by atoms with van der Waals surface area (Å²) in [6.45, 7) is 3.32. The van der Waals surface area contributed by atoms with Gasteiger partial charge in [0.05, 0.1) is 6.54 Å². The van der Waals surface area contributed by atoms with Crippen molar-refractivity contribution in [2.24, 2.45) is 0 Å². The standard InChI is InChI=1S/C22H24ClN3O3/c1-2-25(15-20(27)24-14-16-5-9-18(23)10-6-16)22(29)17-7-11-19(12-8-17)26-13-3-4-21(26)28/h5-12H,2-4,13-15H2,1H3,(H,24,27). The first-order valence-corrected chi connectivity index (χ1v) is 10.1. The Kier molecular flexibility index (Phi) is 6.88. The molecule has 1 N–H and O–H groups in total. The Balaban J connectivity index is 1.57. The van der Waals surface area contributed by atoms with E-state index in [0.29, 0.717) is 36.6 Å². The highest BCUT2D eigenvalue weighted by molar-refractivity contribution is 6.30. The molecule has 0 atom stereocenters. The topological polar surface area (TPSA) is 69.7 Å². The molecule has 1 aliphatic heterocycles. The largest absolute Gasteiger partial charge is 0.350 e. The van der Waals surface area contributed by atoms with Crippen molar-refractivity contribution < 1.29 is 14.4 Å². The van der Waals surface area contributed by atoms with Crippen molar-refractivity contribution in [2.45, 2.75) is 26.3 Å². The lowest BCUT2D eigenvalue weighted by atomic mass is 10.1. The third-order valence-electron chi connectivity index (χ3n) is 4.91. The van der Waals surface area contributed by atoms with Crippen molar-refractivity contribution in [1.82, 2.24) is 10.2 Å². The maximum atomic E-state index is 12.8. The minimum absolute atomic E-state index is 0.0186. The first-order valence-electron chi connectivity index (χ1n) is 9.68. The van der Waals surface area contributed by atoms with E-state index in [2.05, 4.69) is 5.32 Å². The van der Waals surface area contributed by atoms with E-state index in [1.54, 1.807) is 41.3 Å². The third kappa shape index (κ3) is 5.35. The lowest BCUT2D eigenvalue weighted by Gasteiger charge is -2.21. The average molecular weight is 414 g/mol. The highest BCUT2D eigenvalue weighted by Gasteiger charge is 2.22. The van der Waals surface area contributed by atoms with Crippen LogP contribution >= 0.6 is 11.6 Å². The molecule has 1 heterocycles. The number of benzene rings is 2. The van der Waals surface area contributed by atoms with E-state index in [0.717, 1.165) is 17.7 Å². The molecule has 1 aliphatic rings. The number of nitrogens with zero attached hydrogens (tertiary/aromatic N) is 2. The van der Waals surface area contributed by atoms with E-state index < -0.39 is 0 Å². The summed E-state index contributed by atoms with van der Waals surface area (Å²) in [6.07, 6.45) is 1.42. The van der Waals surface area contributed by atoms with Gasteiger partial charge < -0.3 is 15.1 Å². The van der Waals surface area contributed by atoms with Crippen LogP contribution in [-0.4, -0.2) is 42.3 Å². The molecule has 0 spiro atoms. The molecule has 152 valence electrons. The zero-order valence-corrected chi connectivity index (χ0v) is 17.1. The summed E-state index contributed by atoms with van der Waals surface area (Å²) in [4.78, 5) is 40.1. The van der Waals surface area contributed by atoms with Crippen LogP contribution in [0.2, 0.25) is 5.02 Å². The molecule has 0 unspecified atom stereocenters. The predicted molar refractivity (Wildman–Crippen MR) is 113 cm³/mol. The fourth-order valence-corrected chi connectivity index (χ4v) is 3.37.